The third kappa shape index (κ3) is 2.59. The highest BCUT2D eigenvalue weighted by atomic mass is 32.2. The van der Waals surface area contributed by atoms with Crippen molar-refractivity contribution in [3.63, 3.8) is 0 Å². The maximum atomic E-state index is 13.8. The van der Waals surface area contributed by atoms with Gasteiger partial charge in [-0.15, -0.1) is 10.2 Å². The Kier molecular flexibility index (Phi) is 3.44. The average molecular weight is 330 g/mol. The number of aryl methyl sites for hydroxylation is 1. The molecule has 7 nitrogen and oxygen atoms in total. The van der Waals surface area contributed by atoms with Crippen LogP contribution in [0.2, 0.25) is 0 Å². The van der Waals surface area contributed by atoms with Gasteiger partial charge < -0.3 is 4.42 Å². The minimum Gasteiger partial charge on any atom is -0.424 e. The first-order valence-electron chi connectivity index (χ1n) is 6.39. The number of sulfonamides is 1. The van der Waals surface area contributed by atoms with Crippen LogP contribution in [0.15, 0.2) is 33.8 Å². The summed E-state index contributed by atoms with van der Waals surface area (Å²) in [5, 5.41) is 7.25. The van der Waals surface area contributed by atoms with E-state index in [0.29, 0.717) is 4.31 Å². The fraction of sp³-hybridized carbons (Fsp3) is 0.417. The number of hydrogen-bond acceptors (Lipinski definition) is 6. The van der Waals surface area contributed by atoms with Crippen LogP contribution in [0.5, 0.6) is 0 Å². The number of alkyl halides is 2. The Morgan fingerprint density at radius 3 is 2.77 bits per heavy atom. The summed E-state index contributed by atoms with van der Waals surface area (Å²) in [4.78, 5) is 3.56. The molecule has 118 valence electrons. The topological polar surface area (TPSA) is 89.2 Å². The van der Waals surface area contributed by atoms with E-state index in [9.17, 15) is 17.2 Å². The SMILES string of the molecule is Cc1nnc([C@@H]2CC(F)(F)CN2S(=O)(=O)c2cccnc2)o1. The van der Waals surface area contributed by atoms with Crippen LogP contribution in [0.1, 0.15) is 24.2 Å². The molecule has 1 aliphatic rings. The predicted octanol–water partition coefficient (Wildman–Crippen LogP) is 1.54. The molecule has 1 atom stereocenters. The zero-order valence-corrected chi connectivity index (χ0v) is 12.3. The molecule has 1 fully saturated rings. The van der Waals surface area contributed by atoms with Crippen LogP contribution in [0.4, 0.5) is 8.78 Å². The second-order valence-corrected chi connectivity index (χ2v) is 6.86. The second kappa shape index (κ2) is 5.06. The highest BCUT2D eigenvalue weighted by molar-refractivity contribution is 7.89. The van der Waals surface area contributed by atoms with E-state index in [-0.39, 0.29) is 16.7 Å². The van der Waals surface area contributed by atoms with Gasteiger partial charge in [0.1, 0.15) is 10.9 Å². The molecule has 3 heterocycles. The van der Waals surface area contributed by atoms with E-state index < -0.39 is 35.0 Å². The fourth-order valence-corrected chi connectivity index (χ4v) is 3.91. The zero-order valence-electron chi connectivity index (χ0n) is 11.5. The summed E-state index contributed by atoms with van der Waals surface area (Å²) in [7, 11) is -4.13. The van der Waals surface area contributed by atoms with Gasteiger partial charge in [0.2, 0.25) is 21.8 Å². The smallest absolute Gasteiger partial charge is 0.263 e. The number of halogens is 2. The predicted molar refractivity (Wildman–Crippen MR) is 69.5 cm³/mol. The molecule has 3 rings (SSSR count). The fourth-order valence-electron chi connectivity index (χ4n) is 2.33. The average Bonchev–Trinajstić information content (AvgIpc) is 3.03. The van der Waals surface area contributed by atoms with Crippen LogP contribution in [0, 0.1) is 6.92 Å². The third-order valence-corrected chi connectivity index (χ3v) is 5.13. The molecule has 0 unspecified atom stereocenters. The number of aromatic nitrogens is 3. The summed E-state index contributed by atoms with van der Waals surface area (Å²) >= 11 is 0. The number of rotatable bonds is 3. The van der Waals surface area contributed by atoms with E-state index in [0.717, 1.165) is 6.20 Å². The largest absolute Gasteiger partial charge is 0.424 e. The van der Waals surface area contributed by atoms with Crippen molar-refractivity contribution in [1.82, 2.24) is 19.5 Å². The standard InChI is InChI=1S/C12H12F2N4O3S/c1-8-16-17-11(21-8)10-5-12(13,14)7-18(10)22(19,20)9-3-2-4-15-6-9/h2-4,6,10H,5,7H2,1H3/t10-/m0/s1. The Labute approximate surface area is 125 Å². The van der Waals surface area contributed by atoms with Crippen LogP contribution < -0.4 is 0 Å². The van der Waals surface area contributed by atoms with Crippen LogP contribution in [0.3, 0.4) is 0 Å². The van der Waals surface area contributed by atoms with E-state index in [1.54, 1.807) is 0 Å². The molecule has 0 bridgehead atoms. The van der Waals surface area contributed by atoms with Crippen molar-refractivity contribution in [3.8, 4) is 0 Å². The molecular weight excluding hydrogens is 318 g/mol. The van der Waals surface area contributed by atoms with E-state index in [1.165, 1.54) is 25.3 Å². The van der Waals surface area contributed by atoms with Crippen LogP contribution in [-0.4, -0.2) is 40.4 Å². The van der Waals surface area contributed by atoms with E-state index in [4.69, 9.17) is 4.42 Å². The Balaban J connectivity index is 2.03. The third-order valence-electron chi connectivity index (χ3n) is 3.29. The van der Waals surface area contributed by atoms with Gasteiger partial charge in [-0.25, -0.2) is 17.2 Å². The van der Waals surface area contributed by atoms with Gasteiger partial charge in [-0.1, -0.05) is 0 Å². The molecule has 0 aromatic carbocycles. The summed E-state index contributed by atoms with van der Waals surface area (Å²) in [5.74, 6) is -3.12. The van der Waals surface area contributed by atoms with Crippen molar-refractivity contribution in [3.05, 3.63) is 36.3 Å². The maximum absolute atomic E-state index is 13.8. The van der Waals surface area contributed by atoms with Gasteiger partial charge in [0.25, 0.3) is 5.92 Å². The van der Waals surface area contributed by atoms with Crippen molar-refractivity contribution in [2.45, 2.75) is 30.2 Å². The Morgan fingerprint density at radius 1 is 1.41 bits per heavy atom. The number of pyridine rings is 1. The zero-order chi connectivity index (χ0) is 16.0. The van der Waals surface area contributed by atoms with Crippen molar-refractivity contribution < 1.29 is 21.6 Å². The minimum absolute atomic E-state index is 0.137. The quantitative estimate of drug-likeness (QED) is 0.848. The van der Waals surface area contributed by atoms with Crippen molar-refractivity contribution >= 4 is 10.0 Å². The van der Waals surface area contributed by atoms with Crippen LogP contribution in [0.25, 0.3) is 0 Å². The Morgan fingerprint density at radius 2 is 2.18 bits per heavy atom. The lowest BCUT2D eigenvalue weighted by Gasteiger charge is -2.20. The van der Waals surface area contributed by atoms with E-state index in [1.807, 2.05) is 0 Å². The van der Waals surface area contributed by atoms with Gasteiger partial charge >= 0.3 is 0 Å². The highest BCUT2D eigenvalue weighted by Gasteiger charge is 2.52. The summed E-state index contributed by atoms with van der Waals surface area (Å²) in [6, 6.07) is 1.53. The van der Waals surface area contributed by atoms with Crippen LogP contribution >= 0.6 is 0 Å². The van der Waals surface area contributed by atoms with Gasteiger partial charge in [0.05, 0.1) is 6.54 Å². The summed E-state index contributed by atoms with van der Waals surface area (Å²) in [5.41, 5.74) is 0. The second-order valence-electron chi connectivity index (χ2n) is 4.97. The van der Waals surface area contributed by atoms with Gasteiger partial charge in [0, 0.05) is 25.7 Å². The molecule has 2 aromatic rings. The van der Waals surface area contributed by atoms with E-state index >= 15 is 0 Å². The van der Waals surface area contributed by atoms with Crippen molar-refractivity contribution in [2.24, 2.45) is 0 Å². The lowest BCUT2D eigenvalue weighted by molar-refractivity contribution is 0.0166. The molecule has 1 aliphatic heterocycles. The molecule has 1 saturated heterocycles. The lowest BCUT2D eigenvalue weighted by atomic mass is 10.2. The molecule has 0 radical (unpaired) electrons. The molecule has 0 spiro atoms. The minimum atomic E-state index is -4.13. The van der Waals surface area contributed by atoms with Gasteiger partial charge in [-0.2, -0.15) is 4.31 Å². The Hall–Kier alpha value is -1.94. The maximum Gasteiger partial charge on any atom is 0.263 e. The number of hydrogen-bond donors (Lipinski definition) is 0. The number of nitrogens with zero attached hydrogens (tertiary/aromatic N) is 4. The van der Waals surface area contributed by atoms with Gasteiger partial charge in [-0.3, -0.25) is 4.98 Å². The molecule has 0 amide bonds. The summed E-state index contributed by atoms with van der Waals surface area (Å²) in [6.07, 6.45) is 1.81. The Bertz CT molecular complexity index is 779. The molecule has 22 heavy (non-hydrogen) atoms. The van der Waals surface area contributed by atoms with Crippen molar-refractivity contribution in [2.75, 3.05) is 6.54 Å². The van der Waals surface area contributed by atoms with Gasteiger partial charge in [0.15, 0.2) is 0 Å². The monoisotopic (exact) mass is 330 g/mol. The normalized spacial score (nSPS) is 22.0. The highest BCUT2D eigenvalue weighted by Crippen LogP contribution is 2.43. The molecule has 0 saturated carbocycles. The van der Waals surface area contributed by atoms with E-state index in [2.05, 4.69) is 15.2 Å². The lowest BCUT2D eigenvalue weighted by Crippen LogP contribution is -2.33. The first kappa shape index (κ1) is 15.0. The summed E-state index contributed by atoms with van der Waals surface area (Å²) < 4.78 is 58.5. The molecule has 0 aliphatic carbocycles. The summed E-state index contributed by atoms with van der Waals surface area (Å²) in [6.45, 7) is 0.569. The van der Waals surface area contributed by atoms with Crippen LogP contribution in [-0.2, 0) is 10.0 Å². The van der Waals surface area contributed by atoms with Gasteiger partial charge in [-0.05, 0) is 12.1 Å². The molecule has 10 heteroatoms. The molecule has 2 aromatic heterocycles. The van der Waals surface area contributed by atoms with Crippen molar-refractivity contribution in [1.29, 1.82) is 0 Å². The first-order chi connectivity index (χ1) is 10.3. The first-order valence-corrected chi connectivity index (χ1v) is 7.83. The molecule has 0 N–H and O–H groups in total. The molecular formula is C12H12F2N4O3S.